The average Bonchev–Trinajstić information content (AvgIpc) is 2.43. The summed E-state index contributed by atoms with van der Waals surface area (Å²) in [5.41, 5.74) is 12.4. The molecule has 0 aliphatic rings. The molecule has 21 heavy (non-hydrogen) atoms. The summed E-state index contributed by atoms with van der Waals surface area (Å²) >= 11 is 9.11. The van der Waals surface area contributed by atoms with Gasteiger partial charge < -0.3 is 20.9 Å². The molecule has 0 amide bonds. The van der Waals surface area contributed by atoms with E-state index in [9.17, 15) is 0 Å². The molecule has 0 aromatic heterocycles. The van der Waals surface area contributed by atoms with Crippen molar-refractivity contribution < 1.29 is 9.47 Å². The van der Waals surface area contributed by atoms with Gasteiger partial charge in [-0.25, -0.2) is 0 Å². The molecular weight excluding hydrogens is 356 g/mol. The summed E-state index contributed by atoms with van der Waals surface area (Å²) in [4.78, 5) is 0. The van der Waals surface area contributed by atoms with Crippen molar-refractivity contribution in [1.29, 1.82) is 0 Å². The fourth-order valence-electron chi connectivity index (χ4n) is 1.47. The summed E-state index contributed by atoms with van der Waals surface area (Å²) in [7, 11) is 1.62. The van der Waals surface area contributed by atoms with Gasteiger partial charge in [0.2, 0.25) is 0 Å². The third-order valence-electron chi connectivity index (χ3n) is 2.43. The van der Waals surface area contributed by atoms with Gasteiger partial charge in [0.15, 0.2) is 0 Å². The van der Waals surface area contributed by atoms with E-state index in [0.717, 1.165) is 15.9 Å². The van der Waals surface area contributed by atoms with Crippen LogP contribution in [0.1, 0.15) is 6.92 Å². The van der Waals surface area contributed by atoms with Crippen LogP contribution < -0.4 is 20.9 Å². The molecule has 2 aromatic carbocycles. The molecule has 2 aromatic rings. The van der Waals surface area contributed by atoms with Crippen molar-refractivity contribution in [2.45, 2.75) is 6.92 Å². The zero-order valence-electron chi connectivity index (χ0n) is 11.9. The Morgan fingerprint density at radius 2 is 1.62 bits per heavy atom. The molecule has 0 bridgehead atoms. The second kappa shape index (κ2) is 8.64. The van der Waals surface area contributed by atoms with Crippen molar-refractivity contribution in [1.82, 2.24) is 0 Å². The van der Waals surface area contributed by atoms with Gasteiger partial charge in [-0.3, -0.25) is 0 Å². The van der Waals surface area contributed by atoms with Crippen LogP contribution in [0, 0.1) is 0 Å². The Labute approximate surface area is 138 Å². The minimum absolute atomic E-state index is 0.562. The lowest BCUT2D eigenvalue weighted by atomic mass is 10.3. The maximum atomic E-state index is 5.80. The summed E-state index contributed by atoms with van der Waals surface area (Å²) in [6.45, 7) is 2.52. The van der Waals surface area contributed by atoms with E-state index in [-0.39, 0.29) is 0 Å². The van der Waals surface area contributed by atoms with Crippen molar-refractivity contribution in [2.24, 2.45) is 0 Å². The zero-order valence-corrected chi connectivity index (χ0v) is 14.2. The number of hydrogen-bond acceptors (Lipinski definition) is 4. The first-order chi connectivity index (χ1) is 9.97. The molecule has 0 radical (unpaired) electrons. The molecule has 0 saturated carbocycles. The molecule has 0 aliphatic heterocycles. The van der Waals surface area contributed by atoms with Crippen molar-refractivity contribution in [3.8, 4) is 11.5 Å². The van der Waals surface area contributed by atoms with Gasteiger partial charge >= 0.3 is 0 Å². The van der Waals surface area contributed by atoms with E-state index in [0.29, 0.717) is 23.1 Å². The topological polar surface area (TPSA) is 70.5 Å². The van der Waals surface area contributed by atoms with Gasteiger partial charge in [0, 0.05) is 11.4 Å². The highest BCUT2D eigenvalue weighted by atomic mass is 79.9. The predicted molar refractivity (Wildman–Crippen MR) is 92.1 cm³/mol. The number of methoxy groups -OCH3 is 1. The van der Waals surface area contributed by atoms with Crippen LogP contribution in [-0.4, -0.2) is 13.7 Å². The highest BCUT2D eigenvalue weighted by molar-refractivity contribution is 9.10. The molecule has 0 aliphatic carbocycles. The van der Waals surface area contributed by atoms with Gasteiger partial charge in [0.25, 0.3) is 0 Å². The Bertz CT molecular complexity index is 594. The fourth-order valence-corrected chi connectivity index (χ4v) is 2.27. The first kappa shape index (κ1) is 17.5. The SMILES string of the molecule is CCOc1ccc(N)cc1Cl.COc1ccc(N)cc1Br. The molecule has 6 heteroatoms. The van der Waals surface area contributed by atoms with E-state index >= 15 is 0 Å². The summed E-state index contributed by atoms with van der Waals surface area (Å²) in [6.07, 6.45) is 0. The molecule has 0 spiro atoms. The van der Waals surface area contributed by atoms with Crippen LogP contribution in [-0.2, 0) is 0 Å². The molecule has 4 nitrogen and oxygen atoms in total. The lowest BCUT2D eigenvalue weighted by Crippen LogP contribution is -1.93. The van der Waals surface area contributed by atoms with Crippen LogP contribution in [0.5, 0.6) is 11.5 Å². The van der Waals surface area contributed by atoms with Crippen LogP contribution in [0.15, 0.2) is 40.9 Å². The van der Waals surface area contributed by atoms with Gasteiger partial charge in [-0.2, -0.15) is 0 Å². The van der Waals surface area contributed by atoms with Gasteiger partial charge in [0.1, 0.15) is 11.5 Å². The van der Waals surface area contributed by atoms with Gasteiger partial charge in [-0.05, 0) is 59.3 Å². The number of ether oxygens (including phenoxy) is 2. The lowest BCUT2D eigenvalue weighted by Gasteiger charge is -2.04. The number of nitrogen functional groups attached to an aromatic ring is 2. The number of benzene rings is 2. The number of hydrogen-bond donors (Lipinski definition) is 2. The molecular formula is C15H18BrClN2O2. The zero-order chi connectivity index (χ0) is 15.8. The summed E-state index contributed by atoms with van der Waals surface area (Å²) in [5, 5.41) is 0.562. The third kappa shape index (κ3) is 5.73. The normalized spacial score (nSPS) is 9.52. The smallest absolute Gasteiger partial charge is 0.138 e. The van der Waals surface area contributed by atoms with Crippen LogP contribution in [0.2, 0.25) is 5.02 Å². The third-order valence-corrected chi connectivity index (χ3v) is 3.35. The summed E-state index contributed by atoms with van der Waals surface area (Å²) in [6, 6.07) is 10.6. The number of halogens is 2. The van der Waals surface area contributed by atoms with Crippen LogP contribution >= 0.6 is 27.5 Å². The molecule has 2 rings (SSSR count). The van der Waals surface area contributed by atoms with Crippen LogP contribution in [0.3, 0.4) is 0 Å². The molecule has 0 saturated heterocycles. The van der Waals surface area contributed by atoms with Gasteiger partial charge in [0.05, 0.1) is 23.2 Å². The van der Waals surface area contributed by atoms with Crippen LogP contribution in [0.4, 0.5) is 11.4 Å². The Kier molecular flexibility index (Phi) is 7.19. The molecule has 0 heterocycles. The lowest BCUT2D eigenvalue weighted by molar-refractivity contribution is 0.340. The van der Waals surface area contributed by atoms with Crippen molar-refractivity contribution in [3.63, 3.8) is 0 Å². The number of nitrogens with two attached hydrogens (primary N) is 2. The fraction of sp³-hybridized carbons (Fsp3) is 0.200. The minimum Gasteiger partial charge on any atom is -0.496 e. The van der Waals surface area contributed by atoms with Crippen LogP contribution in [0.25, 0.3) is 0 Å². The first-order valence-electron chi connectivity index (χ1n) is 6.24. The molecule has 0 unspecified atom stereocenters. The van der Waals surface area contributed by atoms with E-state index < -0.39 is 0 Å². The number of rotatable bonds is 3. The molecule has 114 valence electrons. The van der Waals surface area contributed by atoms with Gasteiger partial charge in [-0.15, -0.1) is 0 Å². The van der Waals surface area contributed by atoms with E-state index in [4.69, 9.17) is 32.5 Å². The second-order valence-electron chi connectivity index (χ2n) is 4.02. The Balaban J connectivity index is 0.000000211. The number of anilines is 2. The average molecular weight is 374 g/mol. The summed E-state index contributed by atoms with van der Waals surface area (Å²) < 4.78 is 11.1. The highest BCUT2D eigenvalue weighted by Gasteiger charge is 1.99. The first-order valence-corrected chi connectivity index (χ1v) is 7.41. The van der Waals surface area contributed by atoms with E-state index in [2.05, 4.69) is 15.9 Å². The Morgan fingerprint density at radius 1 is 1.05 bits per heavy atom. The quantitative estimate of drug-likeness (QED) is 0.784. The predicted octanol–water partition coefficient (Wildman–Crippen LogP) is 4.36. The molecule has 0 atom stereocenters. The standard InChI is InChI=1S/C8H10ClNO.C7H8BrNO/c1-2-11-8-4-3-6(10)5-7(8)9;1-10-7-3-2-5(9)4-6(7)8/h3-5H,2,10H2,1H3;2-4H,9H2,1H3. The van der Waals surface area contributed by atoms with E-state index in [1.165, 1.54) is 0 Å². The van der Waals surface area contributed by atoms with Gasteiger partial charge in [-0.1, -0.05) is 11.6 Å². The molecule has 0 fully saturated rings. The Hall–Kier alpha value is -1.59. The maximum Gasteiger partial charge on any atom is 0.138 e. The summed E-state index contributed by atoms with van der Waals surface area (Å²) in [5.74, 6) is 1.48. The van der Waals surface area contributed by atoms with E-state index in [1.807, 2.05) is 13.0 Å². The van der Waals surface area contributed by atoms with Crippen molar-refractivity contribution >= 4 is 38.9 Å². The Morgan fingerprint density at radius 3 is 2.10 bits per heavy atom. The van der Waals surface area contributed by atoms with E-state index in [1.54, 1.807) is 37.4 Å². The van der Waals surface area contributed by atoms with Crippen molar-refractivity contribution in [2.75, 3.05) is 25.2 Å². The second-order valence-corrected chi connectivity index (χ2v) is 5.28. The monoisotopic (exact) mass is 372 g/mol. The highest BCUT2D eigenvalue weighted by Crippen LogP contribution is 2.26. The molecule has 4 N–H and O–H groups in total. The van der Waals surface area contributed by atoms with Crippen molar-refractivity contribution in [3.05, 3.63) is 45.9 Å². The maximum absolute atomic E-state index is 5.80. The minimum atomic E-state index is 0.562. The largest absolute Gasteiger partial charge is 0.496 e.